The van der Waals surface area contributed by atoms with Gasteiger partial charge in [-0.05, 0) is 13.3 Å². The van der Waals surface area contributed by atoms with Gasteiger partial charge in [-0.15, -0.1) is 0 Å². The third-order valence-electron chi connectivity index (χ3n) is 2.60. The van der Waals surface area contributed by atoms with Crippen LogP contribution in [0.3, 0.4) is 0 Å². The van der Waals surface area contributed by atoms with Crippen molar-refractivity contribution in [1.29, 1.82) is 0 Å². The van der Waals surface area contributed by atoms with E-state index in [9.17, 15) is 4.79 Å². The lowest BCUT2D eigenvalue weighted by Crippen LogP contribution is -2.34. The molecule has 1 fully saturated rings. The van der Waals surface area contributed by atoms with Crippen molar-refractivity contribution >= 4 is 5.97 Å². The summed E-state index contributed by atoms with van der Waals surface area (Å²) in [6.07, 6.45) is 1.72. The van der Waals surface area contributed by atoms with E-state index in [2.05, 4.69) is 5.32 Å². The minimum atomic E-state index is -0.186. The highest BCUT2D eigenvalue weighted by Gasteiger charge is 2.30. The monoisotopic (exact) mass is 201 g/mol. The molecule has 1 saturated heterocycles. The molecule has 1 aliphatic rings. The van der Waals surface area contributed by atoms with Gasteiger partial charge < -0.3 is 14.8 Å². The molecule has 4 nitrogen and oxygen atoms in total. The summed E-state index contributed by atoms with van der Waals surface area (Å²) in [5, 5.41) is 3.09. The van der Waals surface area contributed by atoms with E-state index in [1.54, 1.807) is 7.11 Å². The molecule has 1 rings (SSSR count). The van der Waals surface area contributed by atoms with Crippen molar-refractivity contribution in [1.82, 2.24) is 5.32 Å². The summed E-state index contributed by atoms with van der Waals surface area (Å²) in [6, 6.07) is -0.186. The summed E-state index contributed by atoms with van der Waals surface area (Å²) in [5.41, 5.74) is 0. The minimum Gasteiger partial charge on any atom is -0.462 e. The van der Waals surface area contributed by atoms with Gasteiger partial charge in [0.2, 0.25) is 0 Å². The summed E-state index contributed by atoms with van der Waals surface area (Å²) >= 11 is 0. The molecule has 0 amide bonds. The molecule has 1 aliphatic heterocycles. The Labute approximate surface area is 85.0 Å². The molecule has 1 heterocycles. The molecule has 0 aromatic carbocycles. The maximum absolute atomic E-state index is 11.5. The van der Waals surface area contributed by atoms with Crippen LogP contribution in [0.15, 0.2) is 0 Å². The van der Waals surface area contributed by atoms with Crippen molar-refractivity contribution < 1.29 is 14.3 Å². The number of esters is 1. The van der Waals surface area contributed by atoms with E-state index in [0.717, 1.165) is 13.0 Å². The fraction of sp³-hybridized carbons (Fsp3) is 0.900. The van der Waals surface area contributed by atoms with Crippen LogP contribution in [0.1, 0.15) is 26.7 Å². The van der Waals surface area contributed by atoms with Crippen molar-refractivity contribution in [3.05, 3.63) is 0 Å². The highest BCUT2D eigenvalue weighted by atomic mass is 16.5. The van der Waals surface area contributed by atoms with Crippen LogP contribution in [-0.4, -0.2) is 37.9 Å². The second-order valence-corrected chi connectivity index (χ2v) is 3.71. The predicted octanol–water partition coefficient (Wildman–Crippen LogP) is 0.705. The first-order valence-corrected chi connectivity index (χ1v) is 5.14. The minimum absolute atomic E-state index is 0.00546. The number of carbonyl (C=O) groups is 1. The van der Waals surface area contributed by atoms with E-state index in [1.165, 1.54) is 0 Å². The van der Waals surface area contributed by atoms with Gasteiger partial charge in [-0.25, -0.2) is 0 Å². The Hall–Kier alpha value is -0.610. The maximum atomic E-state index is 11.5. The van der Waals surface area contributed by atoms with E-state index < -0.39 is 0 Å². The molecule has 0 aromatic heterocycles. The Morgan fingerprint density at radius 1 is 1.64 bits per heavy atom. The first kappa shape index (κ1) is 11.5. The van der Waals surface area contributed by atoms with E-state index in [4.69, 9.17) is 9.47 Å². The van der Waals surface area contributed by atoms with Crippen molar-refractivity contribution in [3.63, 3.8) is 0 Å². The van der Waals surface area contributed by atoms with Crippen LogP contribution in [0.2, 0.25) is 0 Å². The smallest absolute Gasteiger partial charge is 0.323 e. The van der Waals surface area contributed by atoms with Crippen LogP contribution in [0, 0.1) is 0 Å². The zero-order chi connectivity index (χ0) is 10.6. The topological polar surface area (TPSA) is 47.6 Å². The molecule has 14 heavy (non-hydrogen) atoms. The summed E-state index contributed by atoms with van der Waals surface area (Å²) in [6.45, 7) is 4.63. The van der Waals surface area contributed by atoms with Gasteiger partial charge in [0.15, 0.2) is 0 Å². The van der Waals surface area contributed by atoms with Gasteiger partial charge in [0.25, 0.3) is 0 Å². The summed E-state index contributed by atoms with van der Waals surface area (Å²) in [5.74, 6) is -0.154. The Morgan fingerprint density at radius 2 is 2.36 bits per heavy atom. The number of hydrogen-bond acceptors (Lipinski definition) is 4. The number of methoxy groups -OCH3 is 1. The molecule has 0 aliphatic carbocycles. The van der Waals surface area contributed by atoms with E-state index in [-0.39, 0.29) is 24.2 Å². The van der Waals surface area contributed by atoms with Crippen LogP contribution in [0.25, 0.3) is 0 Å². The van der Waals surface area contributed by atoms with Gasteiger partial charge in [-0.2, -0.15) is 0 Å². The van der Waals surface area contributed by atoms with Crippen LogP contribution in [0.4, 0.5) is 0 Å². The number of ether oxygens (including phenoxy) is 2. The molecule has 82 valence electrons. The number of hydrogen-bond donors (Lipinski definition) is 1. The largest absolute Gasteiger partial charge is 0.462 e. The standard InChI is InChI=1S/C10H19NO3/c1-4-7(2)14-10(12)9-5-8(13-3)6-11-9/h7-9,11H,4-6H2,1-3H3. The lowest BCUT2D eigenvalue weighted by molar-refractivity contribution is -0.150. The summed E-state index contributed by atoms with van der Waals surface area (Å²) in [4.78, 5) is 11.5. The molecule has 0 bridgehead atoms. The molecule has 3 unspecified atom stereocenters. The third-order valence-corrected chi connectivity index (χ3v) is 2.60. The van der Waals surface area contributed by atoms with Gasteiger partial charge in [0.05, 0.1) is 12.2 Å². The lowest BCUT2D eigenvalue weighted by atomic mass is 10.2. The van der Waals surface area contributed by atoms with Crippen LogP contribution >= 0.6 is 0 Å². The van der Waals surface area contributed by atoms with Crippen LogP contribution in [-0.2, 0) is 14.3 Å². The van der Waals surface area contributed by atoms with Gasteiger partial charge in [-0.1, -0.05) is 6.92 Å². The molecular formula is C10H19NO3. The zero-order valence-electron chi connectivity index (χ0n) is 9.08. The summed E-state index contributed by atoms with van der Waals surface area (Å²) in [7, 11) is 1.66. The number of rotatable bonds is 4. The summed E-state index contributed by atoms with van der Waals surface area (Å²) < 4.78 is 10.4. The molecule has 0 radical (unpaired) electrons. The van der Waals surface area contributed by atoms with Crippen molar-refractivity contribution in [3.8, 4) is 0 Å². The highest BCUT2D eigenvalue weighted by Crippen LogP contribution is 2.12. The molecule has 1 N–H and O–H groups in total. The Balaban J connectivity index is 2.32. The number of nitrogens with one attached hydrogen (secondary N) is 1. The van der Waals surface area contributed by atoms with Crippen LogP contribution < -0.4 is 5.32 Å². The van der Waals surface area contributed by atoms with Crippen LogP contribution in [0.5, 0.6) is 0 Å². The molecule has 0 spiro atoms. The van der Waals surface area contributed by atoms with Crippen molar-refractivity contribution in [2.75, 3.05) is 13.7 Å². The van der Waals surface area contributed by atoms with Crippen molar-refractivity contribution in [2.45, 2.75) is 44.9 Å². The van der Waals surface area contributed by atoms with Gasteiger partial charge in [0.1, 0.15) is 6.04 Å². The molecule has 3 atom stereocenters. The van der Waals surface area contributed by atoms with E-state index >= 15 is 0 Å². The molecular weight excluding hydrogens is 182 g/mol. The zero-order valence-corrected chi connectivity index (χ0v) is 9.08. The third kappa shape index (κ3) is 2.96. The quantitative estimate of drug-likeness (QED) is 0.680. The molecule has 0 saturated carbocycles. The molecule has 4 heteroatoms. The first-order valence-electron chi connectivity index (χ1n) is 5.14. The Kier molecular flexibility index (Phi) is 4.35. The SMILES string of the molecule is CCC(C)OC(=O)C1CC(OC)CN1. The van der Waals surface area contributed by atoms with E-state index in [1.807, 2.05) is 13.8 Å². The van der Waals surface area contributed by atoms with Gasteiger partial charge >= 0.3 is 5.97 Å². The van der Waals surface area contributed by atoms with Gasteiger partial charge in [0, 0.05) is 20.1 Å². The van der Waals surface area contributed by atoms with E-state index in [0.29, 0.717) is 6.42 Å². The second kappa shape index (κ2) is 5.32. The molecule has 0 aromatic rings. The predicted molar refractivity (Wildman–Crippen MR) is 53.0 cm³/mol. The lowest BCUT2D eigenvalue weighted by Gasteiger charge is -2.14. The van der Waals surface area contributed by atoms with Gasteiger partial charge in [-0.3, -0.25) is 4.79 Å². The Morgan fingerprint density at radius 3 is 2.86 bits per heavy atom. The average Bonchev–Trinajstić information content (AvgIpc) is 2.65. The fourth-order valence-electron chi connectivity index (χ4n) is 1.43. The number of carbonyl (C=O) groups excluding carboxylic acids is 1. The highest BCUT2D eigenvalue weighted by molar-refractivity contribution is 5.76. The first-order chi connectivity index (χ1) is 6.67. The normalized spacial score (nSPS) is 28.8. The van der Waals surface area contributed by atoms with Crippen molar-refractivity contribution in [2.24, 2.45) is 0 Å². The Bertz CT molecular complexity index is 196. The second-order valence-electron chi connectivity index (χ2n) is 3.71. The average molecular weight is 201 g/mol. The maximum Gasteiger partial charge on any atom is 0.323 e. The fourth-order valence-corrected chi connectivity index (χ4v) is 1.43.